The monoisotopic (exact) mass is 372 g/mol. The van der Waals surface area contributed by atoms with Crippen molar-refractivity contribution in [1.82, 2.24) is 0 Å². The molecule has 0 spiro atoms. The zero-order valence-electron chi connectivity index (χ0n) is 17.4. The Bertz CT molecular complexity index is 456. The van der Waals surface area contributed by atoms with Crippen molar-refractivity contribution >= 4 is 11.9 Å². The van der Waals surface area contributed by atoms with Gasteiger partial charge in [-0.1, -0.05) is 20.8 Å². The van der Waals surface area contributed by atoms with E-state index < -0.39 is 11.7 Å². The molecule has 0 bridgehead atoms. The highest BCUT2D eigenvalue weighted by molar-refractivity contribution is 5.75. The van der Waals surface area contributed by atoms with Gasteiger partial charge in [-0.2, -0.15) is 0 Å². The zero-order valence-corrected chi connectivity index (χ0v) is 17.4. The molecule has 0 radical (unpaired) electrons. The minimum absolute atomic E-state index is 0.00768. The molecule has 1 fully saturated rings. The molecule has 26 heavy (non-hydrogen) atoms. The molecule has 1 aliphatic heterocycles. The van der Waals surface area contributed by atoms with E-state index in [1.165, 1.54) is 6.92 Å². The van der Waals surface area contributed by atoms with Gasteiger partial charge in [0.15, 0.2) is 6.29 Å². The Morgan fingerprint density at radius 1 is 1.04 bits per heavy atom. The Hall–Kier alpha value is -1.14. The van der Waals surface area contributed by atoms with Crippen molar-refractivity contribution in [3.63, 3.8) is 0 Å². The molecular formula is C20H36O6. The first-order valence-electron chi connectivity index (χ1n) is 9.69. The molecule has 6 nitrogen and oxygen atoms in total. The number of carbonyl (C=O) groups is 2. The molecule has 1 aliphatic rings. The van der Waals surface area contributed by atoms with Crippen LogP contribution in [0.4, 0.5) is 0 Å². The first-order chi connectivity index (χ1) is 12.1. The van der Waals surface area contributed by atoms with Crippen LogP contribution in [0.1, 0.15) is 67.7 Å². The third-order valence-corrected chi connectivity index (χ3v) is 4.73. The van der Waals surface area contributed by atoms with Gasteiger partial charge in [-0.3, -0.25) is 9.59 Å². The number of ether oxygens (including phenoxy) is 4. The highest BCUT2D eigenvalue weighted by Gasteiger charge is 2.43. The quantitative estimate of drug-likeness (QED) is 0.478. The van der Waals surface area contributed by atoms with Crippen molar-refractivity contribution < 1.29 is 28.5 Å². The molecule has 0 aliphatic carbocycles. The van der Waals surface area contributed by atoms with Crippen molar-refractivity contribution in [2.45, 2.75) is 86.2 Å². The average molecular weight is 373 g/mol. The van der Waals surface area contributed by atoms with Crippen LogP contribution in [0.15, 0.2) is 0 Å². The van der Waals surface area contributed by atoms with E-state index in [0.29, 0.717) is 13.2 Å². The lowest BCUT2D eigenvalue weighted by molar-refractivity contribution is -0.265. The molecule has 1 rings (SSSR count). The molecule has 152 valence electrons. The van der Waals surface area contributed by atoms with Gasteiger partial charge in [0, 0.05) is 25.4 Å². The standard InChI is InChI=1S/C20H36O6/c1-8-16-13(2)17(25-15(4)21)14(3)18(26-16)23-11-9-10-12-24-19(22)20(5,6)7/h13-14,16-18H,8-12H2,1-7H3/t13-,14?,16?,17+,18-/m1/s1. The van der Waals surface area contributed by atoms with Crippen molar-refractivity contribution in [1.29, 1.82) is 0 Å². The third kappa shape index (κ3) is 6.88. The van der Waals surface area contributed by atoms with E-state index in [9.17, 15) is 9.59 Å². The van der Waals surface area contributed by atoms with Gasteiger partial charge < -0.3 is 18.9 Å². The SMILES string of the molecule is CCC1O[C@@H](OCCCCOC(=O)C(C)(C)C)C(C)[C@@H](OC(C)=O)[C@@H]1C. The number of esters is 2. The van der Waals surface area contributed by atoms with Crippen molar-refractivity contribution in [2.75, 3.05) is 13.2 Å². The highest BCUT2D eigenvalue weighted by Crippen LogP contribution is 2.34. The lowest BCUT2D eigenvalue weighted by atomic mass is 9.84. The fourth-order valence-electron chi connectivity index (χ4n) is 3.12. The van der Waals surface area contributed by atoms with Crippen molar-refractivity contribution in [3.8, 4) is 0 Å². The largest absolute Gasteiger partial charge is 0.465 e. The summed E-state index contributed by atoms with van der Waals surface area (Å²) in [6, 6.07) is 0. The molecule has 0 aromatic heterocycles. The summed E-state index contributed by atoms with van der Waals surface area (Å²) in [6.45, 7) is 14.0. The number of carbonyl (C=O) groups excluding carboxylic acids is 2. The Morgan fingerprint density at radius 2 is 1.65 bits per heavy atom. The maximum atomic E-state index is 11.7. The van der Waals surface area contributed by atoms with Gasteiger partial charge in [0.05, 0.1) is 18.1 Å². The van der Waals surface area contributed by atoms with E-state index in [-0.39, 0.29) is 36.0 Å². The minimum atomic E-state index is -0.473. The molecule has 0 saturated carbocycles. The van der Waals surface area contributed by atoms with E-state index in [1.54, 1.807) is 0 Å². The maximum Gasteiger partial charge on any atom is 0.311 e. The van der Waals surface area contributed by atoms with E-state index >= 15 is 0 Å². The summed E-state index contributed by atoms with van der Waals surface area (Å²) in [5.41, 5.74) is -0.473. The summed E-state index contributed by atoms with van der Waals surface area (Å²) < 4.78 is 22.7. The second kappa shape index (κ2) is 10.3. The van der Waals surface area contributed by atoms with Gasteiger partial charge in [-0.15, -0.1) is 0 Å². The van der Waals surface area contributed by atoms with Crippen LogP contribution in [0.25, 0.3) is 0 Å². The fourth-order valence-corrected chi connectivity index (χ4v) is 3.12. The van der Waals surface area contributed by atoms with Gasteiger partial charge in [0.25, 0.3) is 0 Å². The normalized spacial score (nSPS) is 29.3. The molecule has 0 aromatic carbocycles. The number of rotatable bonds is 8. The van der Waals surface area contributed by atoms with Crippen LogP contribution < -0.4 is 0 Å². The minimum Gasteiger partial charge on any atom is -0.465 e. The number of hydrogen-bond donors (Lipinski definition) is 0. The van der Waals surface area contributed by atoms with Gasteiger partial charge in [0.2, 0.25) is 0 Å². The molecule has 1 saturated heterocycles. The summed E-state index contributed by atoms with van der Waals surface area (Å²) in [4.78, 5) is 23.1. The van der Waals surface area contributed by atoms with Crippen molar-refractivity contribution in [3.05, 3.63) is 0 Å². The molecule has 0 aromatic rings. The first-order valence-corrected chi connectivity index (χ1v) is 9.69. The van der Waals surface area contributed by atoms with E-state index in [0.717, 1.165) is 19.3 Å². The van der Waals surface area contributed by atoms with Crippen LogP contribution in [0, 0.1) is 17.3 Å². The van der Waals surface area contributed by atoms with E-state index in [2.05, 4.69) is 13.8 Å². The molecule has 1 heterocycles. The van der Waals surface area contributed by atoms with Crippen LogP contribution in [-0.4, -0.2) is 43.7 Å². The maximum absolute atomic E-state index is 11.7. The summed E-state index contributed by atoms with van der Waals surface area (Å²) >= 11 is 0. The van der Waals surface area contributed by atoms with Gasteiger partial charge in [0.1, 0.15) is 6.10 Å². The lowest BCUT2D eigenvalue weighted by Gasteiger charge is -2.43. The predicted octanol–water partition coefficient (Wildman–Crippen LogP) is 3.71. The Kier molecular flexibility index (Phi) is 9.04. The molecular weight excluding hydrogens is 336 g/mol. The highest BCUT2D eigenvalue weighted by atomic mass is 16.7. The van der Waals surface area contributed by atoms with Crippen LogP contribution in [0.3, 0.4) is 0 Å². The fraction of sp³-hybridized carbons (Fsp3) is 0.900. The Morgan fingerprint density at radius 3 is 2.19 bits per heavy atom. The van der Waals surface area contributed by atoms with Gasteiger partial charge >= 0.3 is 11.9 Å². The Balaban J connectivity index is 2.40. The van der Waals surface area contributed by atoms with Crippen LogP contribution in [0.5, 0.6) is 0 Å². The summed E-state index contributed by atoms with van der Waals surface area (Å²) in [5, 5.41) is 0. The van der Waals surface area contributed by atoms with E-state index in [4.69, 9.17) is 18.9 Å². The molecule has 0 amide bonds. The molecule has 2 unspecified atom stereocenters. The molecule has 5 atom stereocenters. The number of unbranched alkanes of at least 4 members (excludes halogenated alkanes) is 1. The smallest absolute Gasteiger partial charge is 0.311 e. The second-order valence-corrected chi connectivity index (χ2v) is 8.21. The van der Waals surface area contributed by atoms with Crippen molar-refractivity contribution in [2.24, 2.45) is 17.3 Å². The van der Waals surface area contributed by atoms with Crippen LogP contribution in [0.2, 0.25) is 0 Å². The van der Waals surface area contributed by atoms with Crippen LogP contribution >= 0.6 is 0 Å². The first kappa shape index (κ1) is 22.9. The summed E-state index contributed by atoms with van der Waals surface area (Å²) in [7, 11) is 0. The molecule has 6 heteroatoms. The van der Waals surface area contributed by atoms with E-state index in [1.807, 2.05) is 27.7 Å². The number of hydrogen-bond acceptors (Lipinski definition) is 6. The summed E-state index contributed by atoms with van der Waals surface area (Å²) in [6.07, 6.45) is 1.77. The summed E-state index contributed by atoms with van der Waals surface area (Å²) in [5.74, 6) is -0.359. The second-order valence-electron chi connectivity index (χ2n) is 8.21. The topological polar surface area (TPSA) is 71.1 Å². The Labute approximate surface area is 157 Å². The third-order valence-electron chi connectivity index (χ3n) is 4.73. The van der Waals surface area contributed by atoms with Gasteiger partial charge in [-0.25, -0.2) is 0 Å². The van der Waals surface area contributed by atoms with Gasteiger partial charge in [-0.05, 0) is 40.0 Å². The lowest BCUT2D eigenvalue weighted by Crippen LogP contribution is -2.51. The predicted molar refractivity (Wildman–Crippen MR) is 98.4 cm³/mol. The molecule has 0 N–H and O–H groups in total. The zero-order chi connectivity index (χ0) is 19.9. The average Bonchev–Trinajstić information content (AvgIpc) is 2.55. The van der Waals surface area contributed by atoms with Crippen LogP contribution in [-0.2, 0) is 28.5 Å².